The Morgan fingerprint density at radius 1 is 1.44 bits per heavy atom. The van der Waals surface area contributed by atoms with Crippen LogP contribution in [0.4, 0.5) is 0 Å². The molecular formula is C13H20N2O. The van der Waals surface area contributed by atoms with Gasteiger partial charge in [-0.25, -0.2) is 5.90 Å². The van der Waals surface area contributed by atoms with Crippen molar-refractivity contribution in [1.29, 1.82) is 0 Å². The van der Waals surface area contributed by atoms with E-state index in [9.17, 15) is 0 Å². The van der Waals surface area contributed by atoms with Gasteiger partial charge in [0, 0.05) is 12.1 Å². The topological polar surface area (TPSA) is 38.5 Å². The van der Waals surface area contributed by atoms with E-state index in [4.69, 9.17) is 10.7 Å². The molecule has 3 heteroatoms. The normalized spacial score (nSPS) is 23.5. The lowest BCUT2D eigenvalue weighted by atomic mass is 10.1. The van der Waals surface area contributed by atoms with Crippen molar-refractivity contribution in [2.45, 2.75) is 31.8 Å². The number of rotatable bonds is 4. The first-order chi connectivity index (χ1) is 7.83. The van der Waals surface area contributed by atoms with Gasteiger partial charge in [0.25, 0.3) is 0 Å². The summed E-state index contributed by atoms with van der Waals surface area (Å²) in [4.78, 5) is 7.29. The third kappa shape index (κ3) is 2.43. The lowest BCUT2D eigenvalue weighted by molar-refractivity contribution is 0.0627. The molecule has 2 N–H and O–H groups in total. The van der Waals surface area contributed by atoms with Crippen LogP contribution in [-0.2, 0) is 4.84 Å². The Hall–Kier alpha value is -0.900. The van der Waals surface area contributed by atoms with Gasteiger partial charge in [-0.3, -0.25) is 4.90 Å². The summed E-state index contributed by atoms with van der Waals surface area (Å²) in [6, 6.07) is 11.5. The second-order valence-electron chi connectivity index (χ2n) is 4.45. The average Bonchev–Trinajstić information content (AvgIpc) is 2.78. The zero-order valence-corrected chi connectivity index (χ0v) is 9.80. The van der Waals surface area contributed by atoms with E-state index in [0.717, 1.165) is 6.54 Å². The Morgan fingerprint density at radius 2 is 2.19 bits per heavy atom. The monoisotopic (exact) mass is 220 g/mol. The predicted octanol–water partition coefficient (Wildman–Crippen LogP) is 2.10. The fraction of sp³-hybridized carbons (Fsp3) is 0.538. The molecule has 0 saturated carbocycles. The molecule has 0 spiro atoms. The van der Waals surface area contributed by atoms with Gasteiger partial charge in [-0.15, -0.1) is 0 Å². The van der Waals surface area contributed by atoms with Gasteiger partial charge < -0.3 is 4.84 Å². The maximum Gasteiger partial charge on any atom is 0.0834 e. The smallest absolute Gasteiger partial charge is 0.0834 e. The van der Waals surface area contributed by atoms with E-state index in [1.807, 2.05) is 0 Å². The van der Waals surface area contributed by atoms with Gasteiger partial charge in [-0.2, -0.15) is 0 Å². The Balaban J connectivity index is 2.06. The molecule has 0 amide bonds. The molecule has 0 aliphatic carbocycles. The van der Waals surface area contributed by atoms with E-state index in [2.05, 4.69) is 42.2 Å². The van der Waals surface area contributed by atoms with Gasteiger partial charge in [0.2, 0.25) is 0 Å². The molecule has 2 unspecified atom stereocenters. The molecule has 1 saturated heterocycles. The van der Waals surface area contributed by atoms with Crippen LogP contribution >= 0.6 is 0 Å². The highest BCUT2D eigenvalue weighted by molar-refractivity contribution is 5.18. The van der Waals surface area contributed by atoms with E-state index in [1.165, 1.54) is 18.4 Å². The summed E-state index contributed by atoms with van der Waals surface area (Å²) in [7, 11) is 0. The minimum absolute atomic E-state index is 0.448. The number of likely N-dealkylation sites (tertiary alicyclic amines) is 1. The molecule has 88 valence electrons. The molecule has 1 heterocycles. The van der Waals surface area contributed by atoms with Gasteiger partial charge in [0.05, 0.1) is 6.61 Å². The highest BCUT2D eigenvalue weighted by Crippen LogP contribution is 2.28. The summed E-state index contributed by atoms with van der Waals surface area (Å²) in [5.74, 6) is 5.18. The minimum Gasteiger partial charge on any atom is -0.303 e. The summed E-state index contributed by atoms with van der Waals surface area (Å²) in [5.41, 5.74) is 1.37. The Labute approximate surface area is 97.1 Å². The highest BCUT2D eigenvalue weighted by atomic mass is 16.6. The molecule has 1 aliphatic heterocycles. The second-order valence-corrected chi connectivity index (χ2v) is 4.45. The molecule has 2 atom stereocenters. The van der Waals surface area contributed by atoms with Gasteiger partial charge >= 0.3 is 0 Å². The highest BCUT2D eigenvalue weighted by Gasteiger charge is 2.28. The van der Waals surface area contributed by atoms with Crippen LogP contribution in [-0.4, -0.2) is 24.1 Å². The van der Waals surface area contributed by atoms with Crippen LogP contribution in [0.2, 0.25) is 0 Å². The Bertz CT molecular complexity index is 315. The quantitative estimate of drug-likeness (QED) is 0.790. The molecule has 16 heavy (non-hydrogen) atoms. The first kappa shape index (κ1) is 11.6. The van der Waals surface area contributed by atoms with Crippen LogP contribution in [0.1, 0.15) is 31.4 Å². The van der Waals surface area contributed by atoms with Gasteiger partial charge in [-0.1, -0.05) is 30.3 Å². The van der Waals surface area contributed by atoms with Crippen molar-refractivity contribution in [2.24, 2.45) is 5.90 Å². The number of nitrogens with zero attached hydrogens (tertiary/aromatic N) is 1. The Morgan fingerprint density at radius 3 is 2.88 bits per heavy atom. The van der Waals surface area contributed by atoms with Crippen LogP contribution in [0.3, 0.4) is 0 Å². The van der Waals surface area contributed by atoms with Crippen LogP contribution < -0.4 is 5.90 Å². The largest absolute Gasteiger partial charge is 0.303 e. The van der Waals surface area contributed by atoms with Crippen molar-refractivity contribution in [3.8, 4) is 0 Å². The first-order valence-electron chi connectivity index (χ1n) is 5.95. The summed E-state index contributed by atoms with van der Waals surface area (Å²) in [5, 5.41) is 0. The fourth-order valence-electron chi connectivity index (χ4n) is 2.58. The summed E-state index contributed by atoms with van der Waals surface area (Å²) in [6.45, 7) is 4.03. The molecule has 1 aromatic rings. The van der Waals surface area contributed by atoms with Gasteiger partial charge in [0.1, 0.15) is 0 Å². The molecule has 1 aliphatic rings. The standard InChI is InChI=1S/C13H20N2O/c1-11(12-6-3-2-4-7-12)15-9-5-8-13(15)10-16-14/h2-4,6-7,11,13H,5,8-10,14H2,1H3. The third-order valence-electron chi connectivity index (χ3n) is 3.49. The van der Waals surface area contributed by atoms with E-state index >= 15 is 0 Å². The van der Waals surface area contributed by atoms with E-state index < -0.39 is 0 Å². The number of nitrogens with two attached hydrogens (primary N) is 1. The molecular weight excluding hydrogens is 200 g/mol. The van der Waals surface area contributed by atoms with E-state index in [-0.39, 0.29) is 0 Å². The minimum atomic E-state index is 0.448. The molecule has 0 radical (unpaired) electrons. The predicted molar refractivity (Wildman–Crippen MR) is 64.7 cm³/mol. The molecule has 0 aromatic heterocycles. The zero-order chi connectivity index (χ0) is 11.4. The molecule has 1 fully saturated rings. The maximum absolute atomic E-state index is 5.18. The lowest BCUT2D eigenvalue weighted by Crippen LogP contribution is -2.36. The third-order valence-corrected chi connectivity index (χ3v) is 3.49. The average molecular weight is 220 g/mol. The van der Waals surface area contributed by atoms with Gasteiger partial charge in [-0.05, 0) is 31.9 Å². The van der Waals surface area contributed by atoms with Crippen molar-refractivity contribution >= 4 is 0 Å². The van der Waals surface area contributed by atoms with Crippen LogP contribution in [0.25, 0.3) is 0 Å². The van der Waals surface area contributed by atoms with Gasteiger partial charge in [0.15, 0.2) is 0 Å². The van der Waals surface area contributed by atoms with E-state index in [1.54, 1.807) is 0 Å². The SMILES string of the molecule is CC(c1ccccc1)N1CCCC1CON. The van der Waals surface area contributed by atoms with Crippen LogP contribution in [0.5, 0.6) is 0 Å². The number of hydrogen-bond donors (Lipinski definition) is 1. The molecule has 0 bridgehead atoms. The molecule has 1 aromatic carbocycles. The summed E-state index contributed by atoms with van der Waals surface area (Å²) < 4.78 is 0. The first-order valence-corrected chi connectivity index (χ1v) is 5.95. The Kier molecular flexibility index (Phi) is 3.93. The summed E-state index contributed by atoms with van der Waals surface area (Å²) in [6.07, 6.45) is 2.43. The lowest BCUT2D eigenvalue weighted by Gasteiger charge is -2.30. The fourth-order valence-corrected chi connectivity index (χ4v) is 2.58. The van der Waals surface area contributed by atoms with E-state index in [0.29, 0.717) is 18.7 Å². The van der Waals surface area contributed by atoms with Crippen LogP contribution in [0.15, 0.2) is 30.3 Å². The second kappa shape index (κ2) is 5.43. The number of benzene rings is 1. The number of hydrogen-bond acceptors (Lipinski definition) is 3. The summed E-state index contributed by atoms with van der Waals surface area (Å²) >= 11 is 0. The van der Waals surface area contributed by atoms with Crippen molar-refractivity contribution < 1.29 is 4.84 Å². The molecule has 2 rings (SSSR count). The van der Waals surface area contributed by atoms with Crippen LogP contribution in [0, 0.1) is 0 Å². The van der Waals surface area contributed by atoms with Crippen molar-refractivity contribution in [3.63, 3.8) is 0 Å². The maximum atomic E-state index is 5.18. The van der Waals surface area contributed by atoms with Crippen molar-refractivity contribution in [3.05, 3.63) is 35.9 Å². The zero-order valence-electron chi connectivity index (χ0n) is 9.80. The van der Waals surface area contributed by atoms with Crippen molar-refractivity contribution in [1.82, 2.24) is 4.90 Å². The molecule has 3 nitrogen and oxygen atoms in total. The van der Waals surface area contributed by atoms with Crippen molar-refractivity contribution in [2.75, 3.05) is 13.2 Å².